The molecule has 0 aliphatic rings. The van der Waals surface area contributed by atoms with E-state index < -0.39 is 0 Å². The molecule has 0 heterocycles. The summed E-state index contributed by atoms with van der Waals surface area (Å²) in [6.07, 6.45) is 0. The Bertz CT molecular complexity index is 279. The second-order valence-corrected chi connectivity index (χ2v) is 3.34. The van der Waals surface area contributed by atoms with Gasteiger partial charge in [-0.25, -0.2) is 0 Å². The molecule has 0 aliphatic carbocycles. The van der Waals surface area contributed by atoms with E-state index in [-0.39, 0.29) is 0 Å². The zero-order valence-corrected chi connectivity index (χ0v) is 8.82. The first-order valence-corrected chi connectivity index (χ1v) is 4.75. The Morgan fingerprint density at radius 2 is 1.85 bits per heavy atom. The van der Waals surface area contributed by atoms with Crippen LogP contribution < -0.4 is 10.5 Å². The number of ether oxygens (including phenoxy) is 1. The van der Waals surface area contributed by atoms with E-state index in [0.717, 1.165) is 5.56 Å². The monoisotopic (exact) mass is 219 g/mol. The Kier molecular flexibility index (Phi) is 3.85. The molecule has 0 aliphatic heterocycles. The van der Waals surface area contributed by atoms with E-state index in [4.69, 9.17) is 33.7 Å². The van der Waals surface area contributed by atoms with Crippen LogP contribution in [-0.2, 0) is 6.54 Å². The summed E-state index contributed by atoms with van der Waals surface area (Å²) in [6.45, 7) is 2.84. The van der Waals surface area contributed by atoms with Crippen molar-refractivity contribution in [1.29, 1.82) is 0 Å². The van der Waals surface area contributed by atoms with E-state index in [9.17, 15) is 0 Å². The summed E-state index contributed by atoms with van der Waals surface area (Å²) in [5, 5.41) is 1.02. The molecule has 0 saturated carbocycles. The van der Waals surface area contributed by atoms with Gasteiger partial charge in [0, 0.05) is 6.54 Å². The highest BCUT2D eigenvalue weighted by Crippen LogP contribution is 2.33. The van der Waals surface area contributed by atoms with Crippen LogP contribution in [-0.4, -0.2) is 6.61 Å². The van der Waals surface area contributed by atoms with Crippen LogP contribution in [0.1, 0.15) is 12.5 Å². The zero-order valence-electron chi connectivity index (χ0n) is 7.31. The number of nitrogens with two attached hydrogens (primary N) is 1. The third-order valence-corrected chi connectivity index (χ3v) is 2.14. The molecule has 0 spiro atoms. The van der Waals surface area contributed by atoms with Gasteiger partial charge in [0.15, 0.2) is 5.75 Å². The van der Waals surface area contributed by atoms with Crippen LogP contribution in [0.3, 0.4) is 0 Å². The highest BCUT2D eigenvalue weighted by molar-refractivity contribution is 6.37. The number of rotatable bonds is 3. The molecule has 0 aromatic heterocycles. The van der Waals surface area contributed by atoms with Crippen molar-refractivity contribution in [1.82, 2.24) is 0 Å². The van der Waals surface area contributed by atoms with Crippen molar-refractivity contribution >= 4 is 23.2 Å². The molecule has 0 saturated heterocycles. The van der Waals surface area contributed by atoms with Gasteiger partial charge in [-0.05, 0) is 24.6 Å². The Morgan fingerprint density at radius 3 is 2.23 bits per heavy atom. The average Bonchev–Trinajstić information content (AvgIpc) is 2.11. The summed E-state index contributed by atoms with van der Waals surface area (Å²) in [5.41, 5.74) is 6.35. The van der Waals surface area contributed by atoms with E-state index in [1.54, 1.807) is 12.1 Å². The standard InChI is InChI=1S/C9H11Cl2NO/c1-2-13-9-7(10)3-6(5-12)4-8(9)11/h3-4H,2,5,12H2,1H3. The van der Waals surface area contributed by atoms with Crippen LogP contribution in [0.15, 0.2) is 12.1 Å². The summed E-state index contributed by atoms with van der Waals surface area (Å²) >= 11 is 11.9. The largest absolute Gasteiger partial charge is 0.491 e. The van der Waals surface area contributed by atoms with Crippen molar-refractivity contribution < 1.29 is 4.74 Å². The van der Waals surface area contributed by atoms with E-state index in [0.29, 0.717) is 28.9 Å². The summed E-state index contributed by atoms with van der Waals surface area (Å²) in [4.78, 5) is 0. The maximum atomic E-state index is 5.93. The lowest BCUT2D eigenvalue weighted by molar-refractivity contribution is 0.340. The van der Waals surface area contributed by atoms with Crippen LogP contribution in [0.5, 0.6) is 5.75 Å². The predicted octanol–water partition coefficient (Wildman–Crippen LogP) is 2.85. The normalized spacial score (nSPS) is 10.2. The first-order chi connectivity index (χ1) is 6.19. The first-order valence-electron chi connectivity index (χ1n) is 3.99. The van der Waals surface area contributed by atoms with Crippen molar-refractivity contribution in [2.45, 2.75) is 13.5 Å². The van der Waals surface area contributed by atoms with Gasteiger partial charge in [-0.3, -0.25) is 0 Å². The molecule has 1 aromatic carbocycles. The van der Waals surface area contributed by atoms with E-state index in [1.807, 2.05) is 6.92 Å². The molecule has 2 N–H and O–H groups in total. The Balaban J connectivity index is 3.07. The van der Waals surface area contributed by atoms with Crippen LogP contribution in [0.25, 0.3) is 0 Å². The van der Waals surface area contributed by atoms with E-state index in [2.05, 4.69) is 0 Å². The molecule has 4 heteroatoms. The Hall–Kier alpha value is -0.440. The topological polar surface area (TPSA) is 35.2 Å². The smallest absolute Gasteiger partial charge is 0.156 e. The summed E-state index contributed by atoms with van der Waals surface area (Å²) in [6, 6.07) is 3.52. The molecule has 0 fully saturated rings. The second-order valence-electron chi connectivity index (χ2n) is 2.53. The Labute approximate surface area is 87.6 Å². The summed E-state index contributed by atoms with van der Waals surface area (Å²) < 4.78 is 5.26. The van der Waals surface area contributed by atoms with E-state index >= 15 is 0 Å². The van der Waals surface area contributed by atoms with Crippen molar-refractivity contribution in [2.75, 3.05) is 6.61 Å². The van der Waals surface area contributed by atoms with Gasteiger partial charge in [-0.1, -0.05) is 23.2 Å². The fourth-order valence-corrected chi connectivity index (χ4v) is 1.65. The fourth-order valence-electron chi connectivity index (χ4n) is 1.01. The molecule has 0 unspecified atom stereocenters. The molecule has 1 aromatic rings. The molecule has 72 valence electrons. The molecule has 0 atom stereocenters. The number of halogens is 2. The molecule has 0 radical (unpaired) electrons. The molecule has 13 heavy (non-hydrogen) atoms. The number of hydrogen-bond acceptors (Lipinski definition) is 2. The maximum absolute atomic E-state index is 5.93. The minimum absolute atomic E-state index is 0.422. The Morgan fingerprint density at radius 1 is 1.31 bits per heavy atom. The van der Waals surface area contributed by atoms with Gasteiger partial charge >= 0.3 is 0 Å². The number of benzene rings is 1. The van der Waals surface area contributed by atoms with Crippen molar-refractivity contribution in [3.63, 3.8) is 0 Å². The van der Waals surface area contributed by atoms with Crippen molar-refractivity contribution in [3.8, 4) is 5.75 Å². The maximum Gasteiger partial charge on any atom is 0.156 e. The lowest BCUT2D eigenvalue weighted by Crippen LogP contribution is -1.98. The minimum Gasteiger partial charge on any atom is -0.491 e. The summed E-state index contributed by atoms with van der Waals surface area (Å²) in [7, 11) is 0. The van der Waals surface area contributed by atoms with Crippen LogP contribution >= 0.6 is 23.2 Å². The molecular weight excluding hydrogens is 209 g/mol. The minimum atomic E-state index is 0.422. The van der Waals surface area contributed by atoms with Crippen molar-refractivity contribution in [3.05, 3.63) is 27.7 Å². The third-order valence-electron chi connectivity index (χ3n) is 1.58. The molecule has 0 bridgehead atoms. The highest BCUT2D eigenvalue weighted by atomic mass is 35.5. The number of hydrogen-bond donors (Lipinski definition) is 1. The van der Waals surface area contributed by atoms with Crippen molar-refractivity contribution in [2.24, 2.45) is 5.73 Å². The SMILES string of the molecule is CCOc1c(Cl)cc(CN)cc1Cl. The lowest BCUT2D eigenvalue weighted by atomic mass is 10.2. The third kappa shape index (κ3) is 2.50. The molecule has 1 rings (SSSR count). The van der Waals surface area contributed by atoms with Gasteiger partial charge in [0.25, 0.3) is 0 Å². The van der Waals surface area contributed by atoms with Gasteiger partial charge in [0.2, 0.25) is 0 Å². The van der Waals surface area contributed by atoms with E-state index in [1.165, 1.54) is 0 Å². The quantitative estimate of drug-likeness (QED) is 0.849. The van der Waals surface area contributed by atoms with Crippen LogP contribution in [0.2, 0.25) is 10.0 Å². The lowest BCUT2D eigenvalue weighted by Gasteiger charge is -2.09. The van der Waals surface area contributed by atoms with Gasteiger partial charge in [-0.15, -0.1) is 0 Å². The first kappa shape index (κ1) is 10.6. The van der Waals surface area contributed by atoms with Gasteiger partial charge in [-0.2, -0.15) is 0 Å². The van der Waals surface area contributed by atoms with Gasteiger partial charge in [0.1, 0.15) is 0 Å². The van der Waals surface area contributed by atoms with Gasteiger partial charge in [0.05, 0.1) is 16.7 Å². The predicted molar refractivity (Wildman–Crippen MR) is 55.5 cm³/mol. The van der Waals surface area contributed by atoms with Crippen LogP contribution in [0, 0.1) is 0 Å². The van der Waals surface area contributed by atoms with Crippen LogP contribution in [0.4, 0.5) is 0 Å². The molecular formula is C9H11Cl2NO. The zero-order chi connectivity index (χ0) is 9.84. The fraction of sp³-hybridized carbons (Fsp3) is 0.333. The average molecular weight is 220 g/mol. The van der Waals surface area contributed by atoms with Gasteiger partial charge < -0.3 is 10.5 Å². The second kappa shape index (κ2) is 4.70. The molecule has 0 amide bonds. The summed E-state index contributed by atoms with van der Waals surface area (Å²) in [5.74, 6) is 0.531. The highest BCUT2D eigenvalue weighted by Gasteiger charge is 2.07. The molecule has 2 nitrogen and oxygen atoms in total.